The van der Waals surface area contributed by atoms with Crippen molar-refractivity contribution in [3.8, 4) is 0 Å². The molecule has 0 spiro atoms. The van der Waals surface area contributed by atoms with Crippen molar-refractivity contribution >= 4 is 11.6 Å². The highest BCUT2D eigenvalue weighted by molar-refractivity contribution is 5.76. The molecule has 1 saturated heterocycles. The van der Waals surface area contributed by atoms with E-state index in [1.54, 1.807) is 18.4 Å². The van der Waals surface area contributed by atoms with Gasteiger partial charge in [0, 0.05) is 39.0 Å². The van der Waals surface area contributed by atoms with Gasteiger partial charge in [-0.1, -0.05) is 12.1 Å². The van der Waals surface area contributed by atoms with Crippen molar-refractivity contribution in [2.75, 3.05) is 31.1 Å². The van der Waals surface area contributed by atoms with Gasteiger partial charge in [-0.3, -0.25) is 4.79 Å². The van der Waals surface area contributed by atoms with Crippen LogP contribution in [0.5, 0.6) is 0 Å². The SMILES string of the molecule is O=C(CCc1cocn1)N1CCN(c2ccccc2F)CC1. The van der Waals surface area contributed by atoms with Crippen LogP contribution >= 0.6 is 0 Å². The zero-order valence-corrected chi connectivity index (χ0v) is 12.2. The van der Waals surface area contributed by atoms with Crippen molar-refractivity contribution in [2.45, 2.75) is 12.8 Å². The number of rotatable bonds is 4. The first-order valence-corrected chi connectivity index (χ1v) is 7.38. The number of hydrogen-bond acceptors (Lipinski definition) is 4. The van der Waals surface area contributed by atoms with Gasteiger partial charge in [0.2, 0.25) is 5.91 Å². The normalized spacial score (nSPS) is 15.1. The zero-order chi connectivity index (χ0) is 15.4. The van der Waals surface area contributed by atoms with E-state index >= 15 is 0 Å². The zero-order valence-electron chi connectivity index (χ0n) is 12.2. The maximum absolute atomic E-state index is 13.8. The predicted molar refractivity (Wildman–Crippen MR) is 80.0 cm³/mol. The molecule has 0 N–H and O–H groups in total. The Labute approximate surface area is 128 Å². The summed E-state index contributed by atoms with van der Waals surface area (Å²) in [6.07, 6.45) is 3.94. The Morgan fingerprint density at radius 3 is 2.68 bits per heavy atom. The number of para-hydroxylation sites is 1. The van der Waals surface area contributed by atoms with Gasteiger partial charge in [-0.2, -0.15) is 0 Å². The minimum atomic E-state index is -0.215. The molecule has 6 heteroatoms. The molecule has 0 aliphatic carbocycles. The van der Waals surface area contributed by atoms with Crippen molar-refractivity contribution in [1.82, 2.24) is 9.88 Å². The number of carbonyl (C=O) groups is 1. The van der Waals surface area contributed by atoms with Crippen LogP contribution in [0.1, 0.15) is 12.1 Å². The van der Waals surface area contributed by atoms with Crippen LogP contribution in [0.25, 0.3) is 0 Å². The second-order valence-electron chi connectivity index (χ2n) is 5.30. The average Bonchev–Trinajstić information content (AvgIpc) is 3.07. The lowest BCUT2D eigenvalue weighted by Crippen LogP contribution is -2.49. The molecule has 3 rings (SSSR count). The van der Waals surface area contributed by atoms with E-state index < -0.39 is 0 Å². The van der Waals surface area contributed by atoms with Gasteiger partial charge >= 0.3 is 0 Å². The van der Waals surface area contributed by atoms with Crippen LogP contribution in [0.3, 0.4) is 0 Å². The number of halogens is 1. The van der Waals surface area contributed by atoms with E-state index in [1.807, 2.05) is 15.9 Å². The molecule has 0 radical (unpaired) electrons. The lowest BCUT2D eigenvalue weighted by Gasteiger charge is -2.36. The Balaban J connectivity index is 1.51. The van der Waals surface area contributed by atoms with Gasteiger partial charge in [0.1, 0.15) is 12.1 Å². The molecule has 1 fully saturated rings. The van der Waals surface area contributed by atoms with E-state index in [0.717, 1.165) is 5.69 Å². The highest BCUT2D eigenvalue weighted by Crippen LogP contribution is 2.20. The Kier molecular flexibility index (Phi) is 4.37. The molecule has 0 bridgehead atoms. The van der Waals surface area contributed by atoms with E-state index in [9.17, 15) is 9.18 Å². The summed E-state index contributed by atoms with van der Waals surface area (Å²) in [4.78, 5) is 20.0. The number of nitrogens with zero attached hydrogens (tertiary/aromatic N) is 3. The molecule has 0 unspecified atom stereocenters. The second kappa shape index (κ2) is 6.60. The van der Waals surface area contributed by atoms with E-state index in [4.69, 9.17) is 4.42 Å². The first-order chi connectivity index (χ1) is 10.7. The molecule has 1 aromatic heterocycles. The van der Waals surface area contributed by atoms with E-state index in [2.05, 4.69) is 4.98 Å². The summed E-state index contributed by atoms with van der Waals surface area (Å²) < 4.78 is 18.7. The second-order valence-corrected chi connectivity index (χ2v) is 5.30. The average molecular weight is 303 g/mol. The van der Waals surface area contributed by atoms with Crippen LogP contribution < -0.4 is 4.90 Å². The molecule has 1 amide bonds. The largest absolute Gasteiger partial charge is 0.451 e. The van der Waals surface area contributed by atoms with Crippen LogP contribution in [0.2, 0.25) is 0 Å². The quantitative estimate of drug-likeness (QED) is 0.868. The summed E-state index contributed by atoms with van der Waals surface area (Å²) in [7, 11) is 0. The van der Waals surface area contributed by atoms with Crippen molar-refractivity contribution in [3.05, 3.63) is 48.4 Å². The fourth-order valence-corrected chi connectivity index (χ4v) is 2.66. The first kappa shape index (κ1) is 14.6. The summed E-state index contributed by atoms with van der Waals surface area (Å²) in [6.45, 7) is 2.53. The number of aryl methyl sites for hydroxylation is 1. The van der Waals surface area contributed by atoms with E-state index in [-0.39, 0.29) is 11.7 Å². The lowest BCUT2D eigenvalue weighted by molar-refractivity contribution is -0.131. The molecule has 116 valence electrons. The number of aromatic nitrogens is 1. The molecule has 1 aromatic carbocycles. The third-order valence-electron chi connectivity index (χ3n) is 3.90. The fraction of sp³-hybridized carbons (Fsp3) is 0.375. The monoisotopic (exact) mass is 303 g/mol. The van der Waals surface area contributed by atoms with Gasteiger partial charge < -0.3 is 14.2 Å². The summed E-state index contributed by atoms with van der Waals surface area (Å²) in [6, 6.07) is 6.75. The number of oxazole rings is 1. The Morgan fingerprint density at radius 1 is 1.23 bits per heavy atom. The Hall–Kier alpha value is -2.37. The van der Waals surface area contributed by atoms with Crippen LogP contribution in [0, 0.1) is 5.82 Å². The number of benzene rings is 1. The van der Waals surface area contributed by atoms with Crippen molar-refractivity contribution in [2.24, 2.45) is 0 Å². The van der Waals surface area contributed by atoms with Gasteiger partial charge in [-0.25, -0.2) is 9.37 Å². The first-order valence-electron chi connectivity index (χ1n) is 7.38. The summed E-state index contributed by atoms with van der Waals surface area (Å²) in [5.41, 5.74) is 1.40. The van der Waals surface area contributed by atoms with Gasteiger partial charge in [0.05, 0.1) is 11.4 Å². The Bertz CT molecular complexity index is 622. The van der Waals surface area contributed by atoms with Gasteiger partial charge in [0.15, 0.2) is 6.39 Å². The molecule has 0 atom stereocenters. The molecule has 1 aliphatic heterocycles. The van der Waals surface area contributed by atoms with Crippen LogP contribution in [0.15, 0.2) is 41.3 Å². The summed E-state index contributed by atoms with van der Waals surface area (Å²) in [5.74, 6) is -0.107. The summed E-state index contributed by atoms with van der Waals surface area (Å²) >= 11 is 0. The maximum Gasteiger partial charge on any atom is 0.223 e. The number of carbonyl (C=O) groups excluding carboxylic acids is 1. The topological polar surface area (TPSA) is 49.6 Å². The molecular formula is C16H18FN3O2. The van der Waals surface area contributed by atoms with E-state index in [0.29, 0.717) is 44.7 Å². The lowest BCUT2D eigenvalue weighted by atomic mass is 10.2. The number of piperazine rings is 1. The highest BCUT2D eigenvalue weighted by Gasteiger charge is 2.22. The molecule has 5 nitrogen and oxygen atoms in total. The van der Waals surface area contributed by atoms with Gasteiger partial charge in [-0.05, 0) is 12.1 Å². The standard InChI is InChI=1S/C16H18FN3O2/c17-14-3-1-2-4-15(14)19-7-9-20(10-8-19)16(21)6-5-13-11-22-12-18-13/h1-4,11-12H,5-10H2. The molecule has 2 aromatic rings. The van der Waals surface area contributed by atoms with Crippen LogP contribution in [-0.4, -0.2) is 42.0 Å². The summed E-state index contributed by atoms with van der Waals surface area (Å²) in [5, 5.41) is 0. The third kappa shape index (κ3) is 3.27. The number of amides is 1. The molecule has 0 saturated carbocycles. The van der Waals surface area contributed by atoms with Gasteiger partial charge in [-0.15, -0.1) is 0 Å². The minimum absolute atomic E-state index is 0.108. The Morgan fingerprint density at radius 2 is 2.00 bits per heavy atom. The van der Waals surface area contributed by atoms with Crippen molar-refractivity contribution < 1.29 is 13.6 Å². The van der Waals surface area contributed by atoms with Gasteiger partial charge in [0.25, 0.3) is 0 Å². The molecule has 1 aliphatic rings. The third-order valence-corrected chi connectivity index (χ3v) is 3.90. The predicted octanol–water partition coefficient (Wildman–Crippen LogP) is 2.10. The molecular weight excluding hydrogens is 285 g/mol. The van der Waals surface area contributed by atoms with E-state index in [1.165, 1.54) is 12.5 Å². The molecule has 2 heterocycles. The van der Waals surface area contributed by atoms with Crippen LogP contribution in [0.4, 0.5) is 10.1 Å². The smallest absolute Gasteiger partial charge is 0.223 e. The highest BCUT2D eigenvalue weighted by atomic mass is 19.1. The molecule has 22 heavy (non-hydrogen) atoms. The fourth-order valence-electron chi connectivity index (χ4n) is 2.66. The minimum Gasteiger partial charge on any atom is -0.451 e. The number of hydrogen-bond donors (Lipinski definition) is 0. The number of anilines is 1. The van der Waals surface area contributed by atoms with Crippen molar-refractivity contribution in [3.63, 3.8) is 0 Å². The van der Waals surface area contributed by atoms with Crippen molar-refractivity contribution in [1.29, 1.82) is 0 Å². The maximum atomic E-state index is 13.8. The van der Waals surface area contributed by atoms with Crippen LogP contribution in [-0.2, 0) is 11.2 Å².